The Labute approximate surface area is 180 Å². The van der Waals surface area contributed by atoms with Gasteiger partial charge in [0, 0.05) is 30.1 Å². The van der Waals surface area contributed by atoms with Gasteiger partial charge in [0.05, 0.1) is 18.1 Å². The van der Waals surface area contributed by atoms with Gasteiger partial charge in [-0.2, -0.15) is 0 Å². The minimum Gasteiger partial charge on any atom is -0.310 e. The highest BCUT2D eigenvalue weighted by atomic mass is 32.1. The number of rotatable bonds is 4. The number of imidazole rings is 1. The molecule has 7 nitrogen and oxygen atoms in total. The maximum absolute atomic E-state index is 13.2. The zero-order valence-corrected chi connectivity index (χ0v) is 17.1. The first-order chi connectivity index (χ1) is 15.1. The first-order valence-electron chi connectivity index (χ1n) is 9.34. The topological polar surface area (TPSA) is 76.3 Å². The zero-order valence-electron chi connectivity index (χ0n) is 16.3. The molecule has 0 aliphatic heterocycles. The van der Waals surface area contributed by atoms with Crippen LogP contribution in [0.1, 0.15) is 10.5 Å². The van der Waals surface area contributed by atoms with Crippen LogP contribution in [0.5, 0.6) is 0 Å². The number of anilines is 1. The average molecular weight is 430 g/mol. The van der Waals surface area contributed by atoms with E-state index >= 15 is 0 Å². The Hall–Kier alpha value is -3.98. The van der Waals surface area contributed by atoms with Crippen molar-refractivity contribution in [2.45, 2.75) is 0 Å². The fourth-order valence-corrected chi connectivity index (χ4v) is 3.81. The highest BCUT2D eigenvalue weighted by Crippen LogP contribution is 2.26. The summed E-state index contributed by atoms with van der Waals surface area (Å²) < 4.78 is 15.0. The van der Waals surface area contributed by atoms with Gasteiger partial charge in [-0.1, -0.05) is 35.6 Å². The van der Waals surface area contributed by atoms with Crippen molar-refractivity contribution in [3.8, 4) is 21.8 Å². The lowest BCUT2D eigenvalue weighted by molar-refractivity contribution is 0.0988. The van der Waals surface area contributed by atoms with Crippen molar-refractivity contribution in [1.29, 1.82) is 0 Å². The molecule has 0 saturated carbocycles. The van der Waals surface area contributed by atoms with Crippen molar-refractivity contribution < 1.29 is 9.18 Å². The summed E-state index contributed by atoms with van der Waals surface area (Å²) >= 11 is 1.48. The van der Waals surface area contributed by atoms with Crippen molar-refractivity contribution in [2.75, 3.05) is 11.9 Å². The Balaban J connectivity index is 1.48. The van der Waals surface area contributed by atoms with Crippen molar-refractivity contribution >= 4 is 28.6 Å². The third-order valence-corrected chi connectivity index (χ3v) is 5.66. The van der Waals surface area contributed by atoms with Gasteiger partial charge in [-0.3, -0.25) is 9.20 Å². The molecule has 1 amide bonds. The van der Waals surface area contributed by atoms with Crippen LogP contribution >= 0.6 is 11.3 Å². The molecule has 3 heterocycles. The quantitative estimate of drug-likeness (QED) is 0.424. The maximum Gasteiger partial charge on any atom is 0.278 e. The zero-order chi connectivity index (χ0) is 21.4. The predicted molar refractivity (Wildman–Crippen MR) is 116 cm³/mol. The van der Waals surface area contributed by atoms with Crippen LogP contribution in [-0.4, -0.2) is 37.5 Å². The SMILES string of the molecule is CN(C(=O)c1cn2c(-c3ccc(-c4nncs4)cc3)cnc2cn1)c1ccc(F)cc1. The molecule has 0 N–H and O–H groups in total. The molecule has 0 aliphatic carbocycles. The molecule has 0 saturated heterocycles. The fourth-order valence-electron chi connectivity index (χ4n) is 3.25. The van der Waals surface area contributed by atoms with E-state index in [1.165, 1.54) is 28.4 Å². The monoisotopic (exact) mass is 430 g/mol. The highest BCUT2D eigenvalue weighted by Gasteiger charge is 2.17. The van der Waals surface area contributed by atoms with E-state index in [1.54, 1.807) is 43.3 Å². The number of carbonyl (C=O) groups excluding carboxylic acids is 1. The Bertz CT molecular complexity index is 1360. The second kappa shape index (κ2) is 7.69. The standard InChI is InChI=1S/C22H15FN6OS/c1-28(17-8-6-16(23)7-9-17)22(30)18-12-29-19(10-25-20(29)11-24-18)14-2-4-15(5-3-14)21-27-26-13-31-21/h2-13H,1H3. The molecular formula is C22H15FN6OS. The molecule has 3 aromatic heterocycles. The molecule has 2 aromatic carbocycles. The van der Waals surface area contributed by atoms with E-state index in [4.69, 9.17) is 0 Å². The molecule has 0 radical (unpaired) electrons. The first kappa shape index (κ1) is 19.0. The summed E-state index contributed by atoms with van der Waals surface area (Å²) in [6, 6.07) is 13.6. The maximum atomic E-state index is 13.2. The number of aromatic nitrogens is 5. The molecule has 0 atom stereocenters. The van der Waals surface area contributed by atoms with Crippen LogP contribution < -0.4 is 4.90 Å². The molecule has 152 valence electrons. The molecule has 31 heavy (non-hydrogen) atoms. The van der Waals surface area contributed by atoms with Crippen molar-refractivity contribution in [1.82, 2.24) is 24.6 Å². The second-order valence-electron chi connectivity index (χ2n) is 6.81. The Morgan fingerprint density at radius 3 is 2.45 bits per heavy atom. The number of amides is 1. The van der Waals surface area contributed by atoms with Crippen LogP contribution in [0.15, 0.2) is 72.6 Å². The van der Waals surface area contributed by atoms with Gasteiger partial charge < -0.3 is 4.90 Å². The lowest BCUT2D eigenvalue weighted by Gasteiger charge is -2.17. The predicted octanol–water partition coefficient (Wildman–Crippen LogP) is 4.33. The van der Waals surface area contributed by atoms with Gasteiger partial charge in [0.15, 0.2) is 5.65 Å². The average Bonchev–Trinajstić information content (AvgIpc) is 3.49. The summed E-state index contributed by atoms with van der Waals surface area (Å²) in [5.41, 5.74) is 5.91. The van der Waals surface area contributed by atoms with Crippen LogP contribution in [0.4, 0.5) is 10.1 Å². The van der Waals surface area contributed by atoms with Crippen molar-refractivity contribution in [2.24, 2.45) is 0 Å². The summed E-state index contributed by atoms with van der Waals surface area (Å²) in [6.45, 7) is 0. The van der Waals surface area contributed by atoms with Gasteiger partial charge >= 0.3 is 0 Å². The molecule has 0 unspecified atom stereocenters. The normalized spacial score (nSPS) is 11.0. The Kier molecular flexibility index (Phi) is 4.72. The number of fused-ring (bicyclic) bond motifs is 1. The van der Waals surface area contributed by atoms with E-state index in [0.717, 1.165) is 21.8 Å². The number of carbonyl (C=O) groups is 1. The van der Waals surface area contributed by atoms with Gasteiger partial charge in [0.1, 0.15) is 22.0 Å². The Morgan fingerprint density at radius 2 is 1.74 bits per heavy atom. The van der Waals surface area contributed by atoms with E-state index in [2.05, 4.69) is 20.2 Å². The molecule has 5 aromatic rings. The van der Waals surface area contributed by atoms with Gasteiger partial charge in [-0.25, -0.2) is 14.4 Å². The van der Waals surface area contributed by atoms with Gasteiger partial charge in [0.2, 0.25) is 0 Å². The molecular weight excluding hydrogens is 415 g/mol. The van der Waals surface area contributed by atoms with Gasteiger partial charge in [0.25, 0.3) is 5.91 Å². The van der Waals surface area contributed by atoms with Crippen LogP contribution in [0, 0.1) is 5.82 Å². The summed E-state index contributed by atoms with van der Waals surface area (Å²) in [5, 5.41) is 8.81. The summed E-state index contributed by atoms with van der Waals surface area (Å²) in [5.74, 6) is -0.663. The lowest BCUT2D eigenvalue weighted by atomic mass is 10.1. The largest absolute Gasteiger partial charge is 0.310 e. The van der Waals surface area contributed by atoms with Crippen LogP contribution in [0.25, 0.3) is 27.5 Å². The number of nitrogens with zero attached hydrogens (tertiary/aromatic N) is 6. The van der Waals surface area contributed by atoms with E-state index in [0.29, 0.717) is 11.3 Å². The molecule has 9 heteroatoms. The third-order valence-electron chi connectivity index (χ3n) is 4.92. The van der Waals surface area contributed by atoms with E-state index in [-0.39, 0.29) is 17.4 Å². The van der Waals surface area contributed by atoms with E-state index < -0.39 is 0 Å². The summed E-state index contributed by atoms with van der Waals surface area (Å²) in [6.07, 6.45) is 4.97. The van der Waals surface area contributed by atoms with Crippen LogP contribution in [-0.2, 0) is 0 Å². The van der Waals surface area contributed by atoms with E-state index in [9.17, 15) is 9.18 Å². The van der Waals surface area contributed by atoms with Crippen molar-refractivity contribution in [3.63, 3.8) is 0 Å². The van der Waals surface area contributed by atoms with E-state index in [1.807, 2.05) is 28.7 Å². The molecule has 0 spiro atoms. The van der Waals surface area contributed by atoms with Gasteiger partial charge in [-0.05, 0) is 24.3 Å². The minimum atomic E-state index is -0.357. The molecule has 0 bridgehead atoms. The minimum absolute atomic E-state index is 0.254. The third kappa shape index (κ3) is 3.55. The number of benzene rings is 2. The van der Waals surface area contributed by atoms with Crippen LogP contribution in [0.3, 0.4) is 0 Å². The molecule has 0 aliphatic rings. The van der Waals surface area contributed by atoms with Gasteiger partial charge in [-0.15, -0.1) is 10.2 Å². The number of hydrogen-bond acceptors (Lipinski definition) is 6. The van der Waals surface area contributed by atoms with Crippen LogP contribution in [0.2, 0.25) is 0 Å². The molecule has 0 fully saturated rings. The highest BCUT2D eigenvalue weighted by molar-refractivity contribution is 7.12. The van der Waals surface area contributed by atoms with Crippen molar-refractivity contribution in [3.05, 3.63) is 84.1 Å². The summed E-state index contributed by atoms with van der Waals surface area (Å²) in [4.78, 5) is 23.0. The Morgan fingerprint density at radius 1 is 1.00 bits per heavy atom. The second-order valence-corrected chi connectivity index (χ2v) is 7.64. The summed E-state index contributed by atoms with van der Waals surface area (Å²) in [7, 11) is 1.63. The smallest absolute Gasteiger partial charge is 0.278 e. The molecule has 5 rings (SSSR count). The number of halogens is 1. The lowest BCUT2D eigenvalue weighted by Crippen LogP contribution is -2.27. The number of hydrogen-bond donors (Lipinski definition) is 0. The first-order valence-corrected chi connectivity index (χ1v) is 10.2. The fraction of sp³-hybridized carbons (Fsp3) is 0.0455.